The fourth-order valence-electron chi connectivity index (χ4n) is 0.581. The molecular formula is C7H8O3S2. The predicted molar refractivity (Wildman–Crippen MR) is 48.7 cm³/mol. The van der Waals surface area contributed by atoms with Crippen LogP contribution < -0.4 is 0 Å². The first kappa shape index (κ1) is 9.57. The molecule has 1 aromatic heterocycles. The van der Waals surface area contributed by atoms with Gasteiger partial charge in [-0.05, 0) is 11.4 Å². The number of carboxylic acid groups (broad SMARTS) is 1. The summed E-state index contributed by atoms with van der Waals surface area (Å²) in [6.45, 7) is 0. The molecule has 66 valence electrons. The highest BCUT2D eigenvalue weighted by atomic mass is 32.2. The van der Waals surface area contributed by atoms with Gasteiger partial charge in [0.25, 0.3) is 0 Å². The molecule has 1 unspecified atom stereocenters. The summed E-state index contributed by atoms with van der Waals surface area (Å²) in [4.78, 5) is 11.2. The molecule has 0 aliphatic carbocycles. The Labute approximate surface area is 78.0 Å². The molecule has 12 heavy (non-hydrogen) atoms. The van der Waals surface area contributed by atoms with Crippen molar-refractivity contribution in [3.63, 3.8) is 0 Å². The highest BCUT2D eigenvalue weighted by molar-refractivity contribution is 7.99. The van der Waals surface area contributed by atoms with E-state index in [0.717, 1.165) is 4.90 Å². The lowest BCUT2D eigenvalue weighted by Gasteiger charge is -2.02. The molecule has 1 rings (SSSR count). The third-order valence-corrected chi connectivity index (χ3v) is 3.09. The zero-order chi connectivity index (χ0) is 8.97. The molecule has 0 amide bonds. The van der Waals surface area contributed by atoms with E-state index >= 15 is 0 Å². The summed E-state index contributed by atoms with van der Waals surface area (Å²) in [5.41, 5.74) is 0. The first-order valence-electron chi connectivity index (χ1n) is 3.26. The predicted octanol–water partition coefficient (Wildman–Crippen LogP) is 1.29. The Kier molecular flexibility index (Phi) is 3.58. The summed E-state index contributed by atoms with van der Waals surface area (Å²) in [6, 6.07) is 1.89. The standard InChI is InChI=1S/C7H8O3S2/c8-6(7(9)10)4-12-5-1-2-11-3-5/h1-3,6,8H,4H2,(H,9,10). The van der Waals surface area contributed by atoms with Crippen LogP contribution in [0.15, 0.2) is 21.7 Å². The number of aliphatic hydroxyl groups excluding tert-OH is 1. The number of hydrogen-bond donors (Lipinski definition) is 2. The third kappa shape index (κ3) is 2.84. The Morgan fingerprint density at radius 2 is 2.50 bits per heavy atom. The minimum Gasteiger partial charge on any atom is -0.479 e. The number of thiophene rings is 1. The second kappa shape index (κ2) is 4.49. The number of carbonyl (C=O) groups is 1. The minimum absolute atomic E-state index is 0.200. The second-order valence-electron chi connectivity index (χ2n) is 2.12. The first-order valence-corrected chi connectivity index (χ1v) is 5.19. The van der Waals surface area contributed by atoms with E-state index in [1.807, 2.05) is 16.8 Å². The summed E-state index contributed by atoms with van der Waals surface area (Å²) in [7, 11) is 0. The van der Waals surface area contributed by atoms with Crippen LogP contribution in [0.3, 0.4) is 0 Å². The maximum Gasteiger partial charge on any atom is 0.333 e. The first-order chi connectivity index (χ1) is 5.70. The van der Waals surface area contributed by atoms with Crippen molar-refractivity contribution in [1.82, 2.24) is 0 Å². The molecular weight excluding hydrogens is 196 g/mol. The lowest BCUT2D eigenvalue weighted by atomic mass is 10.4. The van der Waals surface area contributed by atoms with Crippen molar-refractivity contribution in [3.05, 3.63) is 16.8 Å². The van der Waals surface area contributed by atoms with Gasteiger partial charge in [0, 0.05) is 16.0 Å². The van der Waals surface area contributed by atoms with E-state index in [4.69, 9.17) is 10.2 Å². The van der Waals surface area contributed by atoms with Crippen LogP contribution in [0.2, 0.25) is 0 Å². The second-order valence-corrected chi connectivity index (χ2v) is 4.00. The molecule has 1 aromatic rings. The third-order valence-electron chi connectivity index (χ3n) is 1.19. The number of aliphatic hydroxyl groups is 1. The molecule has 1 heterocycles. The Hall–Kier alpha value is -0.520. The molecule has 0 aliphatic heterocycles. The molecule has 0 spiro atoms. The van der Waals surface area contributed by atoms with Crippen LogP contribution in [0.25, 0.3) is 0 Å². The molecule has 0 saturated heterocycles. The molecule has 2 N–H and O–H groups in total. The van der Waals surface area contributed by atoms with Crippen LogP contribution in [0, 0.1) is 0 Å². The highest BCUT2D eigenvalue weighted by Gasteiger charge is 2.12. The van der Waals surface area contributed by atoms with Crippen LogP contribution in [-0.4, -0.2) is 28.0 Å². The van der Waals surface area contributed by atoms with Gasteiger partial charge in [0.05, 0.1) is 0 Å². The SMILES string of the molecule is O=C(O)C(O)CSc1ccsc1. The van der Waals surface area contributed by atoms with Crippen LogP contribution in [0.5, 0.6) is 0 Å². The quantitative estimate of drug-likeness (QED) is 0.725. The minimum atomic E-state index is -1.27. The van der Waals surface area contributed by atoms with Crippen LogP contribution in [0.1, 0.15) is 0 Å². The van der Waals surface area contributed by atoms with Gasteiger partial charge < -0.3 is 10.2 Å². The lowest BCUT2D eigenvalue weighted by Crippen LogP contribution is -2.21. The molecule has 0 radical (unpaired) electrons. The van der Waals surface area contributed by atoms with Gasteiger partial charge in [-0.1, -0.05) is 0 Å². The summed E-state index contributed by atoms with van der Waals surface area (Å²) < 4.78 is 0. The topological polar surface area (TPSA) is 57.5 Å². The zero-order valence-corrected chi connectivity index (χ0v) is 7.77. The average molecular weight is 204 g/mol. The smallest absolute Gasteiger partial charge is 0.333 e. The number of carboxylic acids is 1. The van der Waals surface area contributed by atoms with Gasteiger partial charge >= 0.3 is 5.97 Å². The maximum atomic E-state index is 10.2. The van der Waals surface area contributed by atoms with E-state index in [9.17, 15) is 4.79 Å². The molecule has 0 fully saturated rings. The Balaban J connectivity index is 2.31. The molecule has 1 atom stereocenters. The van der Waals surface area contributed by atoms with Crippen LogP contribution >= 0.6 is 23.1 Å². The Morgan fingerprint density at radius 3 is 3.00 bits per heavy atom. The van der Waals surface area contributed by atoms with Gasteiger partial charge in [0.1, 0.15) is 0 Å². The van der Waals surface area contributed by atoms with E-state index in [1.54, 1.807) is 11.3 Å². The van der Waals surface area contributed by atoms with E-state index < -0.39 is 12.1 Å². The summed E-state index contributed by atoms with van der Waals surface area (Å²) in [6.07, 6.45) is -1.27. The molecule has 0 aromatic carbocycles. The molecule has 5 heteroatoms. The van der Waals surface area contributed by atoms with Gasteiger partial charge in [-0.15, -0.1) is 11.8 Å². The van der Waals surface area contributed by atoms with Crippen molar-refractivity contribution in [2.24, 2.45) is 0 Å². The van der Waals surface area contributed by atoms with E-state index in [2.05, 4.69) is 0 Å². The Bertz CT molecular complexity index is 245. The molecule has 0 bridgehead atoms. The number of aliphatic carboxylic acids is 1. The monoisotopic (exact) mass is 204 g/mol. The van der Waals surface area contributed by atoms with E-state index in [1.165, 1.54) is 11.8 Å². The van der Waals surface area contributed by atoms with E-state index in [-0.39, 0.29) is 5.75 Å². The zero-order valence-electron chi connectivity index (χ0n) is 6.14. The van der Waals surface area contributed by atoms with E-state index in [0.29, 0.717) is 0 Å². The van der Waals surface area contributed by atoms with Gasteiger partial charge in [-0.3, -0.25) is 0 Å². The maximum absolute atomic E-state index is 10.2. The highest BCUT2D eigenvalue weighted by Crippen LogP contribution is 2.21. The molecule has 3 nitrogen and oxygen atoms in total. The molecule has 0 saturated carbocycles. The van der Waals surface area contributed by atoms with Crippen LogP contribution in [0.4, 0.5) is 0 Å². The van der Waals surface area contributed by atoms with Gasteiger partial charge in [0.15, 0.2) is 6.10 Å². The fourth-order valence-corrected chi connectivity index (χ4v) is 2.28. The van der Waals surface area contributed by atoms with Crippen molar-refractivity contribution in [3.8, 4) is 0 Å². The normalized spacial score (nSPS) is 12.8. The van der Waals surface area contributed by atoms with Crippen molar-refractivity contribution in [1.29, 1.82) is 0 Å². The Morgan fingerprint density at radius 1 is 1.75 bits per heavy atom. The van der Waals surface area contributed by atoms with Crippen molar-refractivity contribution in [2.75, 3.05) is 5.75 Å². The fraction of sp³-hybridized carbons (Fsp3) is 0.286. The van der Waals surface area contributed by atoms with Gasteiger partial charge in [-0.2, -0.15) is 11.3 Å². The largest absolute Gasteiger partial charge is 0.479 e. The summed E-state index contributed by atoms with van der Waals surface area (Å²) in [5, 5.41) is 21.1. The number of thioether (sulfide) groups is 1. The average Bonchev–Trinajstić information content (AvgIpc) is 2.51. The number of rotatable bonds is 4. The summed E-state index contributed by atoms with van der Waals surface area (Å²) >= 11 is 2.89. The van der Waals surface area contributed by atoms with Crippen LogP contribution in [-0.2, 0) is 4.79 Å². The number of hydrogen-bond acceptors (Lipinski definition) is 4. The van der Waals surface area contributed by atoms with Crippen molar-refractivity contribution < 1.29 is 15.0 Å². The summed E-state index contributed by atoms with van der Waals surface area (Å²) in [5.74, 6) is -0.968. The van der Waals surface area contributed by atoms with Crippen molar-refractivity contribution in [2.45, 2.75) is 11.0 Å². The van der Waals surface area contributed by atoms with Gasteiger partial charge in [0.2, 0.25) is 0 Å². The lowest BCUT2D eigenvalue weighted by molar-refractivity contribution is -0.145. The van der Waals surface area contributed by atoms with Crippen molar-refractivity contribution >= 4 is 29.1 Å². The van der Waals surface area contributed by atoms with Gasteiger partial charge in [-0.25, -0.2) is 4.79 Å². The molecule has 0 aliphatic rings.